The van der Waals surface area contributed by atoms with Gasteiger partial charge in [-0.25, -0.2) is 0 Å². The molecule has 20 heavy (non-hydrogen) atoms. The molecule has 0 aliphatic carbocycles. The van der Waals surface area contributed by atoms with Crippen molar-refractivity contribution in [3.8, 4) is 0 Å². The molecular formula is C15H26N4O. The van der Waals surface area contributed by atoms with Crippen molar-refractivity contribution in [2.45, 2.75) is 45.6 Å². The lowest BCUT2D eigenvalue weighted by molar-refractivity contribution is 0.0631. The fourth-order valence-electron chi connectivity index (χ4n) is 2.86. The van der Waals surface area contributed by atoms with Crippen molar-refractivity contribution in [3.05, 3.63) is 17.5 Å². The van der Waals surface area contributed by atoms with E-state index in [1.165, 1.54) is 0 Å². The maximum absolute atomic E-state index is 12.8. The predicted molar refractivity (Wildman–Crippen MR) is 79.8 cm³/mol. The molecule has 0 saturated carbocycles. The van der Waals surface area contributed by atoms with E-state index < -0.39 is 0 Å². The molecule has 0 aromatic carbocycles. The number of carbonyl (C=O) groups excluding carboxylic acids is 1. The lowest BCUT2D eigenvalue weighted by atomic mass is 10.0. The van der Waals surface area contributed by atoms with Crippen molar-refractivity contribution in [1.29, 1.82) is 0 Å². The molecule has 2 rings (SSSR count). The summed E-state index contributed by atoms with van der Waals surface area (Å²) < 4.78 is 1.73. The van der Waals surface area contributed by atoms with Crippen molar-refractivity contribution >= 4 is 5.91 Å². The highest BCUT2D eigenvalue weighted by Gasteiger charge is 2.27. The molecule has 5 heteroatoms. The fraction of sp³-hybridized carbons (Fsp3) is 0.733. The second-order valence-electron chi connectivity index (χ2n) is 5.48. The van der Waals surface area contributed by atoms with Gasteiger partial charge >= 0.3 is 0 Å². The first-order valence-corrected chi connectivity index (χ1v) is 7.72. The largest absolute Gasteiger partial charge is 0.334 e. The molecule has 0 atom stereocenters. The molecule has 0 bridgehead atoms. The Morgan fingerprint density at radius 1 is 1.45 bits per heavy atom. The van der Waals surface area contributed by atoms with E-state index in [0.717, 1.165) is 51.0 Å². The smallest absolute Gasteiger partial charge is 0.272 e. The summed E-state index contributed by atoms with van der Waals surface area (Å²) in [5.74, 6) is 0.133. The lowest BCUT2D eigenvalue weighted by Gasteiger charge is -2.34. The number of nitrogens with one attached hydrogen (secondary N) is 1. The van der Waals surface area contributed by atoms with Gasteiger partial charge in [0.2, 0.25) is 0 Å². The van der Waals surface area contributed by atoms with E-state index in [0.29, 0.717) is 11.7 Å². The number of hydrogen-bond acceptors (Lipinski definition) is 3. The third kappa shape index (κ3) is 3.20. The third-order valence-electron chi connectivity index (χ3n) is 3.99. The van der Waals surface area contributed by atoms with Gasteiger partial charge in [-0.05, 0) is 44.8 Å². The number of carbonyl (C=O) groups is 1. The maximum Gasteiger partial charge on any atom is 0.272 e. The Bertz CT molecular complexity index is 449. The molecule has 112 valence electrons. The minimum absolute atomic E-state index is 0.133. The number of amides is 1. The molecule has 5 nitrogen and oxygen atoms in total. The average Bonchev–Trinajstić information content (AvgIpc) is 2.86. The van der Waals surface area contributed by atoms with Crippen molar-refractivity contribution in [2.24, 2.45) is 7.05 Å². The maximum atomic E-state index is 12.8. The fourth-order valence-corrected chi connectivity index (χ4v) is 2.86. The summed E-state index contributed by atoms with van der Waals surface area (Å²) >= 11 is 0. The van der Waals surface area contributed by atoms with E-state index in [1.807, 2.05) is 13.1 Å². The molecule has 1 aliphatic heterocycles. The van der Waals surface area contributed by atoms with Gasteiger partial charge < -0.3 is 10.2 Å². The molecule has 1 saturated heterocycles. The molecule has 2 heterocycles. The van der Waals surface area contributed by atoms with Crippen molar-refractivity contribution in [3.63, 3.8) is 0 Å². The normalized spacial score (nSPS) is 16.4. The SMILES string of the molecule is CCCN(C(=O)c1cc(CC)nn1C)C1CCNCC1. The molecule has 0 unspecified atom stereocenters. The molecule has 1 aliphatic rings. The first kappa shape index (κ1) is 15.0. The van der Waals surface area contributed by atoms with Gasteiger partial charge in [0.25, 0.3) is 5.91 Å². The number of nitrogens with zero attached hydrogens (tertiary/aromatic N) is 3. The van der Waals surface area contributed by atoms with Crippen LogP contribution in [0.25, 0.3) is 0 Å². The monoisotopic (exact) mass is 278 g/mol. The Morgan fingerprint density at radius 3 is 2.70 bits per heavy atom. The lowest BCUT2D eigenvalue weighted by Crippen LogP contribution is -2.46. The van der Waals surface area contributed by atoms with E-state index in [2.05, 4.69) is 29.2 Å². The van der Waals surface area contributed by atoms with Gasteiger partial charge in [-0.15, -0.1) is 0 Å². The first-order valence-electron chi connectivity index (χ1n) is 7.72. The van der Waals surface area contributed by atoms with E-state index in [-0.39, 0.29) is 5.91 Å². The minimum Gasteiger partial charge on any atom is -0.334 e. The first-order chi connectivity index (χ1) is 9.67. The van der Waals surface area contributed by atoms with Gasteiger partial charge in [0.15, 0.2) is 0 Å². The molecular weight excluding hydrogens is 252 g/mol. The number of aryl methyl sites for hydroxylation is 2. The van der Waals surface area contributed by atoms with Gasteiger partial charge in [-0.1, -0.05) is 13.8 Å². The molecule has 0 radical (unpaired) electrons. The minimum atomic E-state index is 0.133. The second kappa shape index (κ2) is 6.88. The van der Waals surface area contributed by atoms with Crippen LogP contribution in [0.4, 0.5) is 0 Å². The quantitative estimate of drug-likeness (QED) is 0.890. The van der Waals surface area contributed by atoms with Crippen LogP contribution in [0.5, 0.6) is 0 Å². The summed E-state index contributed by atoms with van der Waals surface area (Å²) in [6.45, 7) is 7.03. The predicted octanol–water partition coefficient (Wildman–Crippen LogP) is 1.59. The van der Waals surface area contributed by atoms with Gasteiger partial charge in [0.05, 0.1) is 5.69 Å². The average molecular weight is 278 g/mol. The number of aromatic nitrogens is 2. The van der Waals surface area contributed by atoms with Gasteiger partial charge in [0.1, 0.15) is 5.69 Å². The second-order valence-corrected chi connectivity index (χ2v) is 5.48. The summed E-state index contributed by atoms with van der Waals surface area (Å²) in [7, 11) is 1.86. The van der Waals surface area contributed by atoms with Gasteiger partial charge in [-0.2, -0.15) is 5.10 Å². The number of rotatable bonds is 5. The van der Waals surface area contributed by atoms with E-state index >= 15 is 0 Å². The summed E-state index contributed by atoms with van der Waals surface area (Å²) in [6.07, 6.45) is 3.95. The van der Waals surface area contributed by atoms with Crippen LogP contribution < -0.4 is 5.32 Å². The Labute approximate surface area is 121 Å². The van der Waals surface area contributed by atoms with Crippen molar-refractivity contribution < 1.29 is 4.79 Å². The van der Waals surface area contributed by atoms with Crippen molar-refractivity contribution in [1.82, 2.24) is 20.0 Å². The summed E-state index contributed by atoms with van der Waals surface area (Å²) in [4.78, 5) is 14.9. The van der Waals surface area contributed by atoms with Crippen LogP contribution >= 0.6 is 0 Å². The molecule has 1 fully saturated rings. The Morgan fingerprint density at radius 2 is 2.15 bits per heavy atom. The Balaban J connectivity index is 2.18. The van der Waals surface area contributed by atoms with E-state index in [1.54, 1.807) is 4.68 Å². The summed E-state index contributed by atoms with van der Waals surface area (Å²) in [5, 5.41) is 7.75. The van der Waals surface area contributed by atoms with Crippen LogP contribution in [0.15, 0.2) is 6.07 Å². The zero-order chi connectivity index (χ0) is 14.5. The molecule has 1 aromatic heterocycles. The molecule has 1 aromatic rings. The van der Waals surface area contributed by atoms with E-state index in [4.69, 9.17) is 0 Å². The van der Waals surface area contributed by atoms with Crippen LogP contribution in [0.3, 0.4) is 0 Å². The Hall–Kier alpha value is -1.36. The highest BCUT2D eigenvalue weighted by atomic mass is 16.2. The molecule has 1 amide bonds. The topological polar surface area (TPSA) is 50.2 Å². The number of piperidine rings is 1. The van der Waals surface area contributed by atoms with Gasteiger partial charge in [-0.3, -0.25) is 9.48 Å². The van der Waals surface area contributed by atoms with E-state index in [9.17, 15) is 4.79 Å². The highest BCUT2D eigenvalue weighted by molar-refractivity contribution is 5.93. The van der Waals surface area contributed by atoms with Crippen molar-refractivity contribution in [2.75, 3.05) is 19.6 Å². The van der Waals surface area contributed by atoms with Crippen LogP contribution in [-0.4, -0.2) is 46.3 Å². The van der Waals surface area contributed by atoms with Crippen LogP contribution in [0, 0.1) is 0 Å². The molecule has 1 N–H and O–H groups in total. The zero-order valence-electron chi connectivity index (χ0n) is 12.9. The third-order valence-corrected chi connectivity index (χ3v) is 3.99. The molecule has 0 spiro atoms. The standard InChI is InChI=1S/C15H26N4O/c1-4-10-19(13-6-8-16-9-7-13)15(20)14-11-12(5-2)17-18(14)3/h11,13,16H,4-10H2,1-3H3. The summed E-state index contributed by atoms with van der Waals surface area (Å²) in [6, 6.07) is 2.30. The number of hydrogen-bond donors (Lipinski definition) is 1. The Kier molecular flexibility index (Phi) is 5.17. The zero-order valence-corrected chi connectivity index (χ0v) is 12.9. The van der Waals surface area contributed by atoms with Crippen LogP contribution in [-0.2, 0) is 13.5 Å². The van der Waals surface area contributed by atoms with Gasteiger partial charge in [0, 0.05) is 19.6 Å². The summed E-state index contributed by atoms with van der Waals surface area (Å²) in [5.41, 5.74) is 1.70. The van der Waals surface area contributed by atoms with Crippen LogP contribution in [0.1, 0.15) is 49.3 Å². The van der Waals surface area contributed by atoms with Crippen LogP contribution in [0.2, 0.25) is 0 Å². The highest BCUT2D eigenvalue weighted by Crippen LogP contribution is 2.17.